The summed E-state index contributed by atoms with van der Waals surface area (Å²) in [6, 6.07) is 17.3. The third kappa shape index (κ3) is 3.77. The van der Waals surface area contributed by atoms with Crippen molar-refractivity contribution in [2.75, 3.05) is 11.1 Å². The van der Waals surface area contributed by atoms with Gasteiger partial charge in [0.1, 0.15) is 11.5 Å². The summed E-state index contributed by atoms with van der Waals surface area (Å²) in [6.45, 7) is 0.355. The number of nitrogens with two attached hydrogens (primary N) is 1. The summed E-state index contributed by atoms with van der Waals surface area (Å²) in [5.41, 5.74) is 7.73. The normalized spacial score (nSPS) is 11.7. The van der Waals surface area contributed by atoms with Gasteiger partial charge in [0.25, 0.3) is 0 Å². The van der Waals surface area contributed by atoms with Crippen LogP contribution in [0.1, 0.15) is 11.3 Å². The van der Waals surface area contributed by atoms with Crippen molar-refractivity contribution >= 4 is 32.5 Å². The van der Waals surface area contributed by atoms with E-state index in [-0.39, 0.29) is 5.82 Å². The minimum Gasteiger partial charge on any atom is -0.375 e. The number of hydrogen-bond donors (Lipinski definition) is 2. The average Bonchev–Trinajstić information content (AvgIpc) is 3.05. The van der Waals surface area contributed by atoms with Gasteiger partial charge >= 0.3 is 6.18 Å². The van der Waals surface area contributed by atoms with Crippen LogP contribution in [0.3, 0.4) is 0 Å². The van der Waals surface area contributed by atoms with Gasteiger partial charge in [0.05, 0.1) is 10.2 Å². The van der Waals surface area contributed by atoms with Crippen LogP contribution in [0, 0.1) is 0 Å². The standard InChI is InChI=1S/C20H15F3N4S/c21-20(22,23)17-9-7-14(13-6-8-16-15(10-13)26-19(24)28-16)18(27-17)25-11-12-4-2-1-3-5-12/h1-10H,11H2,(H2,24,26)(H,25,27). The van der Waals surface area contributed by atoms with Crippen LogP contribution in [0.2, 0.25) is 0 Å². The van der Waals surface area contributed by atoms with Crippen LogP contribution in [0.5, 0.6) is 0 Å². The molecule has 0 saturated heterocycles. The summed E-state index contributed by atoms with van der Waals surface area (Å²) in [5.74, 6) is 0.168. The number of fused-ring (bicyclic) bond motifs is 1. The second-order valence-corrected chi connectivity index (χ2v) is 7.23. The molecule has 28 heavy (non-hydrogen) atoms. The first-order chi connectivity index (χ1) is 13.4. The highest BCUT2D eigenvalue weighted by Gasteiger charge is 2.33. The van der Waals surface area contributed by atoms with Crippen molar-refractivity contribution in [3.05, 3.63) is 71.9 Å². The molecule has 4 aromatic rings. The zero-order valence-corrected chi connectivity index (χ0v) is 15.3. The number of nitrogens with one attached hydrogen (secondary N) is 1. The lowest BCUT2D eigenvalue weighted by atomic mass is 10.1. The van der Waals surface area contributed by atoms with Gasteiger partial charge in [-0.1, -0.05) is 47.7 Å². The van der Waals surface area contributed by atoms with Gasteiger partial charge < -0.3 is 11.1 Å². The number of aromatic nitrogens is 2. The summed E-state index contributed by atoms with van der Waals surface area (Å²) in [5, 5.41) is 3.48. The van der Waals surface area contributed by atoms with E-state index in [0.29, 0.717) is 22.8 Å². The molecule has 0 amide bonds. The fraction of sp³-hybridized carbons (Fsp3) is 0.100. The Kier molecular flexibility index (Phi) is 4.64. The van der Waals surface area contributed by atoms with Gasteiger partial charge in [-0.25, -0.2) is 9.97 Å². The lowest BCUT2D eigenvalue weighted by Gasteiger charge is -2.14. The zero-order chi connectivity index (χ0) is 19.7. The number of halogens is 3. The van der Waals surface area contributed by atoms with Crippen molar-refractivity contribution in [2.24, 2.45) is 0 Å². The highest BCUT2D eigenvalue weighted by molar-refractivity contribution is 7.22. The molecule has 2 aromatic heterocycles. The highest BCUT2D eigenvalue weighted by Crippen LogP contribution is 2.35. The number of nitrogen functional groups attached to an aromatic ring is 1. The number of pyridine rings is 1. The number of anilines is 2. The minimum absolute atomic E-state index is 0.168. The van der Waals surface area contributed by atoms with Crippen molar-refractivity contribution in [1.82, 2.24) is 9.97 Å². The number of nitrogens with zero attached hydrogens (tertiary/aromatic N) is 2. The van der Waals surface area contributed by atoms with Crippen LogP contribution >= 0.6 is 11.3 Å². The summed E-state index contributed by atoms with van der Waals surface area (Å²) in [6.07, 6.45) is -4.52. The van der Waals surface area contributed by atoms with Gasteiger partial charge in [0, 0.05) is 12.1 Å². The van der Waals surface area contributed by atoms with E-state index in [1.165, 1.54) is 17.4 Å². The Balaban J connectivity index is 1.75. The van der Waals surface area contributed by atoms with E-state index < -0.39 is 11.9 Å². The van der Waals surface area contributed by atoms with Crippen molar-refractivity contribution in [1.29, 1.82) is 0 Å². The van der Waals surface area contributed by atoms with Gasteiger partial charge in [0.2, 0.25) is 0 Å². The predicted molar refractivity (Wildman–Crippen MR) is 106 cm³/mol. The molecule has 142 valence electrons. The highest BCUT2D eigenvalue weighted by atomic mass is 32.1. The molecule has 2 aromatic carbocycles. The fourth-order valence-electron chi connectivity index (χ4n) is 2.88. The lowest BCUT2D eigenvalue weighted by molar-refractivity contribution is -0.141. The smallest absolute Gasteiger partial charge is 0.375 e. The number of thiazole rings is 1. The zero-order valence-electron chi connectivity index (χ0n) is 14.5. The third-order valence-electron chi connectivity index (χ3n) is 4.20. The third-order valence-corrected chi connectivity index (χ3v) is 5.07. The molecule has 0 aliphatic carbocycles. The van der Waals surface area contributed by atoms with Crippen LogP contribution in [0.15, 0.2) is 60.7 Å². The van der Waals surface area contributed by atoms with E-state index in [2.05, 4.69) is 15.3 Å². The Morgan fingerprint density at radius 3 is 2.50 bits per heavy atom. The molecule has 8 heteroatoms. The fourth-order valence-corrected chi connectivity index (χ4v) is 3.59. The molecular weight excluding hydrogens is 385 g/mol. The summed E-state index contributed by atoms with van der Waals surface area (Å²) in [7, 11) is 0. The monoisotopic (exact) mass is 400 g/mol. The minimum atomic E-state index is -4.52. The van der Waals surface area contributed by atoms with E-state index >= 15 is 0 Å². The van der Waals surface area contributed by atoms with Gasteiger partial charge in [-0.3, -0.25) is 0 Å². The first-order valence-electron chi connectivity index (χ1n) is 8.42. The van der Waals surface area contributed by atoms with Gasteiger partial charge in [-0.2, -0.15) is 13.2 Å². The van der Waals surface area contributed by atoms with Crippen LogP contribution in [-0.4, -0.2) is 9.97 Å². The Labute approximate surface area is 162 Å². The van der Waals surface area contributed by atoms with Gasteiger partial charge in [0.15, 0.2) is 5.13 Å². The molecular formula is C20H15F3N4S. The topological polar surface area (TPSA) is 63.8 Å². The molecule has 3 N–H and O–H groups in total. The van der Waals surface area contributed by atoms with E-state index in [9.17, 15) is 13.2 Å². The maximum Gasteiger partial charge on any atom is 0.433 e. The molecule has 0 radical (unpaired) electrons. The second-order valence-electron chi connectivity index (χ2n) is 6.16. The van der Waals surface area contributed by atoms with E-state index in [4.69, 9.17) is 5.73 Å². The van der Waals surface area contributed by atoms with Crippen LogP contribution in [-0.2, 0) is 12.7 Å². The Morgan fingerprint density at radius 2 is 1.75 bits per heavy atom. The Hall–Kier alpha value is -3.13. The SMILES string of the molecule is Nc1nc2cc(-c3ccc(C(F)(F)F)nc3NCc3ccccc3)ccc2s1. The first-order valence-corrected chi connectivity index (χ1v) is 9.24. The van der Waals surface area contributed by atoms with Crippen molar-refractivity contribution in [3.63, 3.8) is 0 Å². The summed E-state index contributed by atoms with van der Waals surface area (Å²) in [4.78, 5) is 8.10. The Bertz CT molecular complexity index is 1120. The quantitative estimate of drug-likeness (QED) is 0.470. The van der Waals surface area contributed by atoms with Crippen LogP contribution < -0.4 is 11.1 Å². The predicted octanol–water partition coefficient (Wildman–Crippen LogP) is 5.57. The number of alkyl halides is 3. The van der Waals surface area contributed by atoms with Crippen molar-refractivity contribution in [2.45, 2.75) is 12.7 Å². The van der Waals surface area contributed by atoms with Crippen molar-refractivity contribution < 1.29 is 13.2 Å². The van der Waals surface area contributed by atoms with E-state index in [1.807, 2.05) is 42.5 Å². The number of rotatable bonds is 4. The second kappa shape index (κ2) is 7.12. The van der Waals surface area contributed by atoms with Crippen LogP contribution in [0.25, 0.3) is 21.3 Å². The molecule has 4 nitrogen and oxygen atoms in total. The molecule has 0 aliphatic heterocycles. The number of benzene rings is 2. The molecule has 0 spiro atoms. The first kappa shape index (κ1) is 18.2. The van der Waals surface area contributed by atoms with Gasteiger partial charge in [-0.15, -0.1) is 0 Å². The van der Waals surface area contributed by atoms with Crippen molar-refractivity contribution in [3.8, 4) is 11.1 Å². The molecule has 4 rings (SSSR count). The molecule has 0 aliphatic rings. The van der Waals surface area contributed by atoms with Gasteiger partial charge in [-0.05, 0) is 35.4 Å². The van der Waals surface area contributed by atoms with E-state index in [0.717, 1.165) is 21.9 Å². The molecule has 0 fully saturated rings. The van der Waals surface area contributed by atoms with E-state index in [1.54, 1.807) is 6.07 Å². The maximum absolute atomic E-state index is 13.2. The summed E-state index contributed by atoms with van der Waals surface area (Å²) >= 11 is 1.36. The Morgan fingerprint density at radius 1 is 0.964 bits per heavy atom. The molecule has 0 unspecified atom stereocenters. The summed E-state index contributed by atoms with van der Waals surface area (Å²) < 4.78 is 40.4. The number of hydrogen-bond acceptors (Lipinski definition) is 5. The van der Waals surface area contributed by atoms with Crippen LogP contribution in [0.4, 0.5) is 24.1 Å². The maximum atomic E-state index is 13.2. The molecule has 0 bridgehead atoms. The lowest BCUT2D eigenvalue weighted by Crippen LogP contribution is -2.11. The molecule has 0 saturated carbocycles. The molecule has 0 atom stereocenters. The largest absolute Gasteiger partial charge is 0.433 e. The average molecular weight is 400 g/mol. The molecule has 2 heterocycles.